The quantitative estimate of drug-likeness (QED) is 0.855. The number of hydrogen-bond acceptors (Lipinski definition) is 1. The zero-order valence-electron chi connectivity index (χ0n) is 12.8. The lowest BCUT2D eigenvalue weighted by Gasteiger charge is -2.16. The van der Waals surface area contributed by atoms with Crippen molar-refractivity contribution >= 4 is 0 Å². The van der Waals surface area contributed by atoms with E-state index >= 15 is 0 Å². The van der Waals surface area contributed by atoms with E-state index in [1.54, 1.807) is 0 Å². The van der Waals surface area contributed by atoms with Crippen LogP contribution in [0.25, 0.3) is 0 Å². The molecule has 0 aromatic heterocycles. The maximum atomic E-state index is 6.41. The average Bonchev–Trinajstić information content (AvgIpc) is 2.48. The minimum absolute atomic E-state index is 0.0762. The molecule has 2 aromatic carbocycles. The monoisotopic (exact) mass is 267 g/mol. The third kappa shape index (κ3) is 3.29. The summed E-state index contributed by atoms with van der Waals surface area (Å²) < 4.78 is 0. The van der Waals surface area contributed by atoms with E-state index in [-0.39, 0.29) is 6.04 Å². The molecule has 20 heavy (non-hydrogen) atoms. The minimum Gasteiger partial charge on any atom is -0.324 e. The average molecular weight is 267 g/mol. The Morgan fingerprint density at radius 2 is 1.60 bits per heavy atom. The van der Waals surface area contributed by atoms with Crippen LogP contribution in [0.4, 0.5) is 0 Å². The van der Waals surface area contributed by atoms with Crippen LogP contribution in [0.1, 0.15) is 47.7 Å². The van der Waals surface area contributed by atoms with Crippen molar-refractivity contribution in [1.29, 1.82) is 0 Å². The van der Waals surface area contributed by atoms with E-state index < -0.39 is 0 Å². The van der Waals surface area contributed by atoms with Crippen LogP contribution >= 0.6 is 0 Å². The third-order valence-electron chi connectivity index (χ3n) is 4.12. The predicted molar refractivity (Wildman–Crippen MR) is 87.0 cm³/mol. The van der Waals surface area contributed by atoms with Crippen LogP contribution in [0.3, 0.4) is 0 Å². The van der Waals surface area contributed by atoms with Crippen LogP contribution in [0.2, 0.25) is 0 Å². The minimum atomic E-state index is 0.0762. The highest BCUT2D eigenvalue weighted by Gasteiger charge is 2.10. The Morgan fingerprint density at radius 3 is 2.25 bits per heavy atom. The number of nitrogens with two attached hydrogens (primary N) is 1. The first-order valence-electron chi connectivity index (χ1n) is 7.57. The van der Waals surface area contributed by atoms with Crippen molar-refractivity contribution in [3.05, 3.63) is 70.3 Å². The zero-order chi connectivity index (χ0) is 14.5. The molecule has 0 bridgehead atoms. The molecule has 0 saturated heterocycles. The maximum absolute atomic E-state index is 6.41. The van der Waals surface area contributed by atoms with Gasteiger partial charge in [-0.25, -0.2) is 0 Å². The lowest BCUT2D eigenvalue weighted by atomic mass is 9.93. The smallest absolute Gasteiger partial charge is 0.0335 e. The first kappa shape index (κ1) is 14.8. The lowest BCUT2D eigenvalue weighted by molar-refractivity contribution is 0.716. The van der Waals surface area contributed by atoms with Gasteiger partial charge in [0.05, 0.1) is 0 Å². The SMILES string of the molecule is CCc1ccc(C(N)Cc2ccccc2C)cc1CC. The summed E-state index contributed by atoms with van der Waals surface area (Å²) in [6.07, 6.45) is 3.08. The predicted octanol–water partition coefficient (Wildman–Crippen LogP) is 4.36. The Bertz CT molecular complexity index is 572. The Morgan fingerprint density at radius 1 is 0.900 bits per heavy atom. The summed E-state index contributed by atoms with van der Waals surface area (Å²) in [6, 6.07) is 15.3. The van der Waals surface area contributed by atoms with Crippen LogP contribution in [-0.4, -0.2) is 0 Å². The van der Waals surface area contributed by atoms with Gasteiger partial charge >= 0.3 is 0 Å². The number of hydrogen-bond donors (Lipinski definition) is 1. The molecule has 0 aliphatic heterocycles. The highest BCUT2D eigenvalue weighted by Crippen LogP contribution is 2.22. The van der Waals surface area contributed by atoms with E-state index in [2.05, 4.69) is 63.2 Å². The maximum Gasteiger partial charge on any atom is 0.0335 e. The van der Waals surface area contributed by atoms with Crippen molar-refractivity contribution in [3.63, 3.8) is 0 Å². The van der Waals surface area contributed by atoms with Crippen molar-refractivity contribution in [3.8, 4) is 0 Å². The molecule has 0 radical (unpaired) electrons. The highest BCUT2D eigenvalue weighted by atomic mass is 14.6. The fourth-order valence-corrected chi connectivity index (χ4v) is 2.74. The van der Waals surface area contributed by atoms with E-state index in [0.717, 1.165) is 19.3 Å². The van der Waals surface area contributed by atoms with Gasteiger partial charge in [0, 0.05) is 6.04 Å². The normalized spacial score (nSPS) is 12.4. The van der Waals surface area contributed by atoms with Crippen LogP contribution in [0, 0.1) is 6.92 Å². The fraction of sp³-hybridized carbons (Fsp3) is 0.368. The van der Waals surface area contributed by atoms with Gasteiger partial charge in [-0.2, -0.15) is 0 Å². The van der Waals surface area contributed by atoms with Crippen LogP contribution < -0.4 is 5.73 Å². The summed E-state index contributed by atoms with van der Waals surface area (Å²) in [6.45, 7) is 6.58. The van der Waals surface area contributed by atoms with Gasteiger partial charge in [0.25, 0.3) is 0 Å². The Labute approximate surface area is 122 Å². The van der Waals surface area contributed by atoms with Gasteiger partial charge < -0.3 is 5.73 Å². The molecule has 0 heterocycles. The zero-order valence-corrected chi connectivity index (χ0v) is 12.8. The molecule has 0 saturated carbocycles. The summed E-state index contributed by atoms with van der Waals surface area (Å²) in [4.78, 5) is 0. The van der Waals surface area contributed by atoms with E-state index in [0.29, 0.717) is 0 Å². The lowest BCUT2D eigenvalue weighted by Crippen LogP contribution is -2.14. The van der Waals surface area contributed by atoms with Crippen LogP contribution in [0.5, 0.6) is 0 Å². The Kier molecular flexibility index (Phi) is 4.97. The molecular formula is C19H25N. The molecule has 0 spiro atoms. The van der Waals surface area contributed by atoms with Gasteiger partial charge in [0.1, 0.15) is 0 Å². The second-order valence-electron chi connectivity index (χ2n) is 5.47. The van der Waals surface area contributed by atoms with Crippen LogP contribution in [0.15, 0.2) is 42.5 Å². The topological polar surface area (TPSA) is 26.0 Å². The molecule has 2 rings (SSSR count). The molecule has 1 atom stereocenters. The largest absolute Gasteiger partial charge is 0.324 e. The van der Waals surface area contributed by atoms with Gasteiger partial charge in [-0.3, -0.25) is 0 Å². The number of rotatable bonds is 5. The van der Waals surface area contributed by atoms with Gasteiger partial charge in [-0.1, -0.05) is 56.3 Å². The number of benzene rings is 2. The van der Waals surface area contributed by atoms with Gasteiger partial charge in [0.2, 0.25) is 0 Å². The molecular weight excluding hydrogens is 242 g/mol. The Hall–Kier alpha value is -1.60. The molecule has 1 heteroatoms. The third-order valence-corrected chi connectivity index (χ3v) is 4.12. The second-order valence-corrected chi connectivity index (χ2v) is 5.47. The van der Waals surface area contributed by atoms with E-state index in [1.807, 2.05) is 0 Å². The second kappa shape index (κ2) is 6.71. The van der Waals surface area contributed by atoms with E-state index in [9.17, 15) is 0 Å². The van der Waals surface area contributed by atoms with Crippen molar-refractivity contribution in [2.75, 3.05) is 0 Å². The standard InChI is InChI=1S/C19H25N/c1-4-15-10-11-18(12-16(15)5-2)19(20)13-17-9-7-6-8-14(17)3/h6-12,19H,4-5,13,20H2,1-3H3. The molecule has 0 aliphatic rings. The summed E-state index contributed by atoms with van der Waals surface area (Å²) in [5.41, 5.74) is 13.2. The summed E-state index contributed by atoms with van der Waals surface area (Å²) >= 11 is 0. The van der Waals surface area contributed by atoms with E-state index in [1.165, 1.54) is 27.8 Å². The molecule has 2 aromatic rings. The fourth-order valence-electron chi connectivity index (χ4n) is 2.74. The van der Waals surface area contributed by atoms with Crippen molar-refractivity contribution in [2.24, 2.45) is 5.73 Å². The summed E-state index contributed by atoms with van der Waals surface area (Å²) in [7, 11) is 0. The molecule has 106 valence electrons. The molecule has 1 nitrogen and oxygen atoms in total. The van der Waals surface area contributed by atoms with Crippen molar-refractivity contribution in [2.45, 2.75) is 46.1 Å². The summed E-state index contributed by atoms with van der Waals surface area (Å²) in [5.74, 6) is 0. The van der Waals surface area contributed by atoms with Gasteiger partial charge in [-0.15, -0.1) is 0 Å². The first-order chi connectivity index (χ1) is 9.65. The highest BCUT2D eigenvalue weighted by molar-refractivity contribution is 5.35. The van der Waals surface area contributed by atoms with Crippen LogP contribution in [-0.2, 0) is 19.3 Å². The molecule has 0 fully saturated rings. The molecule has 1 unspecified atom stereocenters. The molecule has 0 aliphatic carbocycles. The van der Waals surface area contributed by atoms with Gasteiger partial charge in [0.15, 0.2) is 0 Å². The van der Waals surface area contributed by atoms with Gasteiger partial charge in [-0.05, 0) is 54.0 Å². The van der Waals surface area contributed by atoms with E-state index in [4.69, 9.17) is 5.73 Å². The summed E-state index contributed by atoms with van der Waals surface area (Å²) in [5, 5.41) is 0. The first-order valence-corrected chi connectivity index (χ1v) is 7.57. The molecule has 2 N–H and O–H groups in total. The molecule has 0 amide bonds. The number of aryl methyl sites for hydroxylation is 3. The Balaban J connectivity index is 2.21. The van der Waals surface area contributed by atoms with Crippen molar-refractivity contribution < 1.29 is 0 Å². The van der Waals surface area contributed by atoms with Crippen molar-refractivity contribution in [1.82, 2.24) is 0 Å².